The lowest BCUT2D eigenvalue weighted by molar-refractivity contribution is -0.132. The van der Waals surface area contributed by atoms with Crippen molar-refractivity contribution < 1.29 is 4.79 Å². The molecule has 0 aromatic carbocycles. The van der Waals surface area contributed by atoms with E-state index in [0.717, 1.165) is 6.42 Å². The van der Waals surface area contributed by atoms with E-state index >= 15 is 0 Å². The highest BCUT2D eigenvalue weighted by atomic mass is 32.1. The first kappa shape index (κ1) is 14.5. The van der Waals surface area contributed by atoms with Gasteiger partial charge in [0.1, 0.15) is 0 Å². The summed E-state index contributed by atoms with van der Waals surface area (Å²) in [5.74, 6) is 0.970. The van der Waals surface area contributed by atoms with Gasteiger partial charge in [-0.05, 0) is 32.1 Å². The van der Waals surface area contributed by atoms with Gasteiger partial charge in [-0.3, -0.25) is 9.78 Å². The predicted molar refractivity (Wildman–Crippen MR) is 79.2 cm³/mol. The molecule has 0 aliphatic heterocycles. The molecule has 1 saturated carbocycles. The highest BCUT2D eigenvalue weighted by Gasteiger charge is 2.25. The summed E-state index contributed by atoms with van der Waals surface area (Å²) >= 11 is 1.63. The Morgan fingerprint density at radius 3 is 2.84 bits per heavy atom. The molecule has 1 aliphatic rings. The van der Waals surface area contributed by atoms with Crippen molar-refractivity contribution in [3.63, 3.8) is 0 Å². The lowest BCUT2D eigenvalue weighted by atomic mass is 9.84. The van der Waals surface area contributed by atoms with E-state index in [4.69, 9.17) is 0 Å². The predicted octanol–water partition coefficient (Wildman–Crippen LogP) is 3.50. The average molecular weight is 280 g/mol. The van der Waals surface area contributed by atoms with Crippen LogP contribution in [0.25, 0.3) is 0 Å². The van der Waals surface area contributed by atoms with Gasteiger partial charge < -0.3 is 4.90 Å². The molecule has 1 aromatic rings. The van der Waals surface area contributed by atoms with Gasteiger partial charge in [-0.15, -0.1) is 11.3 Å². The van der Waals surface area contributed by atoms with Gasteiger partial charge in [0.05, 0.1) is 5.51 Å². The standard InChI is InChI=1S/C15H24N2OS/c1-12(13-6-4-3-5-7-13)17(2)15(18)9-8-14-10-16-11-19-14/h10-13H,3-9H2,1-2H3. The smallest absolute Gasteiger partial charge is 0.222 e. The fourth-order valence-electron chi connectivity index (χ4n) is 2.93. The topological polar surface area (TPSA) is 33.2 Å². The van der Waals surface area contributed by atoms with Gasteiger partial charge in [-0.2, -0.15) is 0 Å². The van der Waals surface area contributed by atoms with Crippen molar-refractivity contribution in [1.29, 1.82) is 0 Å². The van der Waals surface area contributed by atoms with Crippen molar-refractivity contribution in [1.82, 2.24) is 9.88 Å². The van der Waals surface area contributed by atoms with E-state index in [1.165, 1.54) is 37.0 Å². The number of carbonyl (C=O) groups excluding carboxylic acids is 1. The minimum atomic E-state index is 0.270. The Bertz CT molecular complexity index is 385. The second-order valence-electron chi connectivity index (χ2n) is 5.61. The first-order valence-electron chi connectivity index (χ1n) is 7.31. The highest BCUT2D eigenvalue weighted by Crippen LogP contribution is 2.28. The number of hydrogen-bond donors (Lipinski definition) is 0. The summed E-state index contributed by atoms with van der Waals surface area (Å²) in [6.07, 6.45) is 9.90. The quantitative estimate of drug-likeness (QED) is 0.827. The Hall–Kier alpha value is -0.900. The number of aromatic nitrogens is 1. The number of nitrogens with zero attached hydrogens (tertiary/aromatic N) is 2. The Morgan fingerprint density at radius 2 is 2.21 bits per heavy atom. The van der Waals surface area contributed by atoms with Crippen LogP contribution in [0.4, 0.5) is 0 Å². The van der Waals surface area contributed by atoms with Crippen LogP contribution in [0, 0.1) is 5.92 Å². The van der Waals surface area contributed by atoms with Crippen molar-refractivity contribution in [2.75, 3.05) is 7.05 Å². The molecule has 1 unspecified atom stereocenters. The minimum Gasteiger partial charge on any atom is -0.343 e. The molecule has 2 rings (SSSR count). The summed E-state index contributed by atoms with van der Waals surface area (Å²) in [6.45, 7) is 2.21. The molecule has 19 heavy (non-hydrogen) atoms. The number of rotatable bonds is 5. The molecule has 1 atom stereocenters. The Labute approximate surface area is 120 Å². The number of thiazole rings is 1. The van der Waals surface area contributed by atoms with Crippen LogP contribution in [-0.2, 0) is 11.2 Å². The minimum absolute atomic E-state index is 0.270. The zero-order valence-corrected chi connectivity index (χ0v) is 12.8. The second-order valence-corrected chi connectivity index (χ2v) is 6.58. The highest BCUT2D eigenvalue weighted by molar-refractivity contribution is 7.09. The van der Waals surface area contributed by atoms with Crippen molar-refractivity contribution in [3.8, 4) is 0 Å². The average Bonchev–Trinajstić information content (AvgIpc) is 2.97. The normalized spacial score (nSPS) is 18.2. The summed E-state index contributed by atoms with van der Waals surface area (Å²) in [4.78, 5) is 19.4. The van der Waals surface area contributed by atoms with Crippen LogP contribution in [0.3, 0.4) is 0 Å². The van der Waals surface area contributed by atoms with Crippen molar-refractivity contribution in [2.24, 2.45) is 5.92 Å². The third-order valence-electron chi connectivity index (χ3n) is 4.41. The van der Waals surface area contributed by atoms with Crippen LogP contribution in [-0.4, -0.2) is 28.9 Å². The summed E-state index contributed by atoms with van der Waals surface area (Å²) in [5, 5.41) is 0. The molecule has 4 heteroatoms. The van der Waals surface area contributed by atoms with E-state index in [-0.39, 0.29) is 5.91 Å². The zero-order valence-electron chi connectivity index (χ0n) is 12.0. The zero-order chi connectivity index (χ0) is 13.7. The van der Waals surface area contributed by atoms with Gasteiger partial charge in [0.2, 0.25) is 5.91 Å². The number of carbonyl (C=O) groups is 1. The van der Waals surface area contributed by atoms with E-state index in [9.17, 15) is 4.79 Å². The van der Waals surface area contributed by atoms with Crippen LogP contribution in [0.2, 0.25) is 0 Å². The van der Waals surface area contributed by atoms with Crippen LogP contribution in [0.15, 0.2) is 11.7 Å². The molecule has 0 saturated heterocycles. The summed E-state index contributed by atoms with van der Waals surface area (Å²) in [6, 6.07) is 0.384. The number of amides is 1. The van der Waals surface area contributed by atoms with E-state index in [0.29, 0.717) is 18.4 Å². The van der Waals surface area contributed by atoms with Crippen LogP contribution in [0.5, 0.6) is 0 Å². The monoisotopic (exact) mass is 280 g/mol. The maximum atomic E-state index is 12.2. The molecule has 1 fully saturated rings. The van der Waals surface area contributed by atoms with Gasteiger partial charge in [-0.1, -0.05) is 19.3 Å². The molecule has 0 bridgehead atoms. The molecular formula is C15H24N2OS. The van der Waals surface area contributed by atoms with Gasteiger partial charge in [0.25, 0.3) is 0 Å². The lowest BCUT2D eigenvalue weighted by Gasteiger charge is -2.34. The van der Waals surface area contributed by atoms with E-state index in [2.05, 4.69) is 11.9 Å². The van der Waals surface area contributed by atoms with Crippen LogP contribution >= 0.6 is 11.3 Å². The molecule has 1 aromatic heterocycles. The van der Waals surface area contributed by atoms with Crippen LogP contribution in [0.1, 0.15) is 50.3 Å². The van der Waals surface area contributed by atoms with Gasteiger partial charge in [0, 0.05) is 30.6 Å². The van der Waals surface area contributed by atoms with Gasteiger partial charge in [-0.25, -0.2) is 0 Å². The third-order valence-corrected chi connectivity index (χ3v) is 5.24. The second kappa shape index (κ2) is 7.04. The summed E-state index contributed by atoms with van der Waals surface area (Å²) in [5.41, 5.74) is 1.83. The van der Waals surface area contributed by atoms with Crippen molar-refractivity contribution in [2.45, 2.75) is 57.9 Å². The molecule has 1 aliphatic carbocycles. The molecule has 0 N–H and O–H groups in total. The molecule has 3 nitrogen and oxygen atoms in total. The molecule has 0 radical (unpaired) electrons. The molecule has 106 valence electrons. The molecule has 1 amide bonds. The fraction of sp³-hybridized carbons (Fsp3) is 0.733. The van der Waals surface area contributed by atoms with Crippen molar-refractivity contribution in [3.05, 3.63) is 16.6 Å². The maximum absolute atomic E-state index is 12.2. The third kappa shape index (κ3) is 4.03. The van der Waals surface area contributed by atoms with Crippen molar-refractivity contribution >= 4 is 17.2 Å². The van der Waals surface area contributed by atoms with E-state index in [1.54, 1.807) is 11.3 Å². The first-order valence-corrected chi connectivity index (χ1v) is 8.19. The summed E-state index contributed by atoms with van der Waals surface area (Å²) < 4.78 is 0. The maximum Gasteiger partial charge on any atom is 0.222 e. The Morgan fingerprint density at radius 1 is 1.47 bits per heavy atom. The lowest BCUT2D eigenvalue weighted by Crippen LogP contribution is -2.40. The molecule has 1 heterocycles. The van der Waals surface area contributed by atoms with Gasteiger partial charge >= 0.3 is 0 Å². The number of hydrogen-bond acceptors (Lipinski definition) is 3. The fourth-order valence-corrected chi connectivity index (χ4v) is 3.53. The number of aryl methyl sites for hydroxylation is 1. The molecular weight excluding hydrogens is 256 g/mol. The van der Waals surface area contributed by atoms with Gasteiger partial charge in [0.15, 0.2) is 0 Å². The Balaban J connectivity index is 1.80. The van der Waals surface area contributed by atoms with Crippen LogP contribution < -0.4 is 0 Å². The van der Waals surface area contributed by atoms with E-state index < -0.39 is 0 Å². The van der Waals surface area contributed by atoms with E-state index in [1.807, 2.05) is 23.7 Å². The SMILES string of the molecule is CC(C1CCCCC1)N(C)C(=O)CCc1cncs1. The Kier molecular flexibility index (Phi) is 5.37. The first-order chi connectivity index (χ1) is 9.18. The molecule has 0 spiro atoms. The summed E-state index contributed by atoms with van der Waals surface area (Å²) in [7, 11) is 1.97. The largest absolute Gasteiger partial charge is 0.343 e.